The number of aryl methyl sites for hydroxylation is 1. The van der Waals surface area contributed by atoms with Crippen molar-refractivity contribution >= 4 is 44.6 Å². The van der Waals surface area contributed by atoms with Gasteiger partial charge in [-0.05, 0) is 18.6 Å². The van der Waals surface area contributed by atoms with Crippen LogP contribution in [0.15, 0.2) is 58.8 Å². The highest BCUT2D eigenvalue weighted by Gasteiger charge is 2.14. The SMILES string of the molecule is CCCn1c2ccccc2c2nnc(N=Nc3c(O)[nH]c4ccccc34)nc21. The van der Waals surface area contributed by atoms with Crippen molar-refractivity contribution in [3.05, 3.63) is 48.5 Å². The van der Waals surface area contributed by atoms with E-state index in [4.69, 9.17) is 0 Å². The van der Waals surface area contributed by atoms with Gasteiger partial charge in [-0.1, -0.05) is 43.3 Å². The normalized spacial score (nSPS) is 12.0. The first-order chi connectivity index (χ1) is 13.8. The van der Waals surface area contributed by atoms with Gasteiger partial charge in [-0.15, -0.1) is 20.4 Å². The monoisotopic (exact) mass is 371 g/mol. The van der Waals surface area contributed by atoms with E-state index in [0.29, 0.717) is 5.69 Å². The van der Waals surface area contributed by atoms with Crippen LogP contribution < -0.4 is 0 Å². The molecule has 5 aromatic rings. The van der Waals surface area contributed by atoms with E-state index in [1.165, 1.54) is 0 Å². The quantitative estimate of drug-likeness (QED) is 0.434. The van der Waals surface area contributed by atoms with Gasteiger partial charge in [0.15, 0.2) is 11.3 Å². The van der Waals surface area contributed by atoms with Crippen LogP contribution in [0.4, 0.5) is 11.6 Å². The maximum atomic E-state index is 10.1. The van der Waals surface area contributed by atoms with Crippen LogP contribution >= 0.6 is 0 Å². The van der Waals surface area contributed by atoms with Gasteiger partial charge in [-0.2, -0.15) is 4.98 Å². The zero-order valence-corrected chi connectivity index (χ0v) is 15.2. The first-order valence-corrected chi connectivity index (χ1v) is 9.09. The summed E-state index contributed by atoms with van der Waals surface area (Å²) < 4.78 is 2.13. The number of H-pyrrole nitrogens is 1. The van der Waals surface area contributed by atoms with Crippen molar-refractivity contribution < 1.29 is 5.11 Å². The number of nitrogens with one attached hydrogen (secondary N) is 1. The largest absolute Gasteiger partial charge is 0.493 e. The van der Waals surface area contributed by atoms with Crippen molar-refractivity contribution in [1.82, 2.24) is 24.7 Å². The Bertz CT molecular complexity index is 1350. The number of benzene rings is 2. The Morgan fingerprint density at radius 1 is 1.00 bits per heavy atom. The molecular weight excluding hydrogens is 354 g/mol. The van der Waals surface area contributed by atoms with E-state index < -0.39 is 0 Å². The molecule has 28 heavy (non-hydrogen) atoms. The number of fused-ring (bicyclic) bond motifs is 4. The van der Waals surface area contributed by atoms with E-state index >= 15 is 0 Å². The van der Waals surface area contributed by atoms with Gasteiger partial charge < -0.3 is 14.7 Å². The molecule has 2 N–H and O–H groups in total. The number of aromatic nitrogens is 5. The number of nitrogens with zero attached hydrogens (tertiary/aromatic N) is 6. The molecule has 0 unspecified atom stereocenters. The number of aromatic amines is 1. The molecule has 0 atom stereocenters. The third kappa shape index (κ3) is 2.50. The fraction of sp³-hybridized carbons (Fsp3) is 0.150. The number of hydrogen-bond acceptors (Lipinski definition) is 6. The summed E-state index contributed by atoms with van der Waals surface area (Å²) >= 11 is 0. The molecule has 0 saturated heterocycles. The average Bonchev–Trinajstić information content (AvgIpc) is 3.21. The summed E-state index contributed by atoms with van der Waals surface area (Å²) in [6.07, 6.45) is 0.970. The Kier molecular flexibility index (Phi) is 3.75. The van der Waals surface area contributed by atoms with E-state index in [9.17, 15) is 5.11 Å². The van der Waals surface area contributed by atoms with Gasteiger partial charge in [-0.25, -0.2) is 0 Å². The van der Waals surface area contributed by atoms with Gasteiger partial charge in [0.1, 0.15) is 5.52 Å². The molecule has 5 rings (SSSR count). The predicted octanol–water partition coefficient (Wildman–Crippen LogP) is 4.99. The van der Waals surface area contributed by atoms with Gasteiger partial charge in [0, 0.05) is 17.3 Å². The van der Waals surface area contributed by atoms with Crippen molar-refractivity contribution in [2.75, 3.05) is 0 Å². The summed E-state index contributed by atoms with van der Waals surface area (Å²) in [5.74, 6) is 0.108. The summed E-state index contributed by atoms with van der Waals surface area (Å²) in [4.78, 5) is 7.46. The number of para-hydroxylation sites is 2. The molecule has 0 radical (unpaired) electrons. The average molecular weight is 371 g/mol. The predicted molar refractivity (Wildman–Crippen MR) is 107 cm³/mol. The zero-order valence-electron chi connectivity index (χ0n) is 15.2. The van der Waals surface area contributed by atoms with Crippen LogP contribution in [0.2, 0.25) is 0 Å². The first kappa shape index (κ1) is 16.4. The summed E-state index contributed by atoms with van der Waals surface area (Å²) in [6.45, 7) is 2.94. The number of rotatable bonds is 4. The maximum Gasteiger partial charge on any atom is 0.289 e. The molecule has 3 aromatic heterocycles. The van der Waals surface area contributed by atoms with E-state index in [0.717, 1.165) is 45.9 Å². The number of azo groups is 1. The third-order valence-electron chi connectivity index (χ3n) is 4.71. The van der Waals surface area contributed by atoms with Gasteiger partial charge >= 0.3 is 0 Å². The van der Waals surface area contributed by atoms with E-state index in [2.05, 4.69) is 48.0 Å². The minimum Gasteiger partial charge on any atom is -0.493 e. The van der Waals surface area contributed by atoms with E-state index in [1.54, 1.807) is 0 Å². The zero-order chi connectivity index (χ0) is 19.1. The van der Waals surface area contributed by atoms with Crippen molar-refractivity contribution in [3.63, 3.8) is 0 Å². The highest BCUT2D eigenvalue weighted by molar-refractivity contribution is 6.04. The molecule has 2 aromatic carbocycles. The van der Waals surface area contributed by atoms with Gasteiger partial charge in [0.25, 0.3) is 5.95 Å². The Balaban J connectivity index is 1.63. The molecule has 0 amide bonds. The second-order valence-electron chi connectivity index (χ2n) is 6.52. The highest BCUT2D eigenvalue weighted by Crippen LogP contribution is 2.36. The minimum absolute atomic E-state index is 0.0425. The third-order valence-corrected chi connectivity index (χ3v) is 4.71. The van der Waals surface area contributed by atoms with Crippen LogP contribution in [0.1, 0.15) is 13.3 Å². The molecular formula is C20H17N7O. The Morgan fingerprint density at radius 3 is 2.64 bits per heavy atom. The molecule has 0 aliphatic heterocycles. The lowest BCUT2D eigenvalue weighted by atomic mass is 10.2. The molecule has 0 aliphatic rings. The molecule has 0 saturated carbocycles. The Hall–Kier alpha value is -3.81. The van der Waals surface area contributed by atoms with E-state index in [1.807, 2.05) is 42.5 Å². The summed E-state index contributed by atoms with van der Waals surface area (Å²) in [5, 5.41) is 28.7. The summed E-state index contributed by atoms with van der Waals surface area (Å²) in [7, 11) is 0. The van der Waals surface area contributed by atoms with Gasteiger partial charge in [0.2, 0.25) is 5.88 Å². The van der Waals surface area contributed by atoms with Crippen LogP contribution in [-0.4, -0.2) is 29.8 Å². The van der Waals surface area contributed by atoms with Crippen LogP contribution in [0.5, 0.6) is 5.88 Å². The van der Waals surface area contributed by atoms with Crippen LogP contribution in [-0.2, 0) is 6.54 Å². The smallest absolute Gasteiger partial charge is 0.289 e. The highest BCUT2D eigenvalue weighted by atomic mass is 16.3. The summed E-state index contributed by atoms with van der Waals surface area (Å²) in [6, 6.07) is 15.5. The van der Waals surface area contributed by atoms with E-state index in [-0.39, 0.29) is 11.8 Å². The number of aromatic hydroxyl groups is 1. The van der Waals surface area contributed by atoms with Gasteiger partial charge in [0.05, 0.1) is 11.0 Å². The van der Waals surface area contributed by atoms with Gasteiger partial charge in [-0.3, -0.25) is 0 Å². The molecule has 138 valence electrons. The second kappa shape index (κ2) is 6.41. The molecule has 0 fully saturated rings. The van der Waals surface area contributed by atoms with Crippen molar-refractivity contribution in [2.24, 2.45) is 10.2 Å². The fourth-order valence-electron chi connectivity index (χ4n) is 3.50. The molecule has 3 heterocycles. The Morgan fingerprint density at radius 2 is 1.79 bits per heavy atom. The lowest BCUT2D eigenvalue weighted by Crippen LogP contribution is -1.98. The van der Waals surface area contributed by atoms with Crippen LogP contribution in [0.25, 0.3) is 33.0 Å². The topological polar surface area (TPSA) is 104 Å². The summed E-state index contributed by atoms with van der Waals surface area (Å²) in [5.41, 5.74) is 3.69. The molecule has 8 heteroatoms. The van der Waals surface area contributed by atoms with Crippen LogP contribution in [0.3, 0.4) is 0 Å². The fourth-order valence-corrected chi connectivity index (χ4v) is 3.50. The first-order valence-electron chi connectivity index (χ1n) is 9.09. The minimum atomic E-state index is -0.0425. The number of hydrogen-bond donors (Lipinski definition) is 2. The second-order valence-corrected chi connectivity index (χ2v) is 6.52. The maximum absolute atomic E-state index is 10.1. The molecule has 0 bridgehead atoms. The molecule has 8 nitrogen and oxygen atoms in total. The molecule has 0 aliphatic carbocycles. The van der Waals surface area contributed by atoms with Crippen LogP contribution in [0, 0.1) is 0 Å². The lowest BCUT2D eigenvalue weighted by Gasteiger charge is -2.03. The lowest BCUT2D eigenvalue weighted by molar-refractivity contribution is 0.459. The van der Waals surface area contributed by atoms with Crippen molar-refractivity contribution in [2.45, 2.75) is 19.9 Å². The standard InChI is InChI=1S/C20H17N7O/c1-2-11-27-15-10-6-4-8-13(15)16-18(27)22-20(25-23-16)26-24-17-12-7-3-5-9-14(12)21-19(17)28/h3-10,21,28H,2,11H2,1H3. The molecule has 0 spiro atoms. The Labute approximate surface area is 159 Å². The van der Waals surface area contributed by atoms with Crippen molar-refractivity contribution in [3.8, 4) is 5.88 Å². The van der Waals surface area contributed by atoms with Crippen molar-refractivity contribution in [1.29, 1.82) is 0 Å².